The van der Waals surface area contributed by atoms with Crippen molar-refractivity contribution in [3.05, 3.63) is 29.8 Å². The maximum absolute atomic E-state index is 12.2. The summed E-state index contributed by atoms with van der Waals surface area (Å²) in [5.41, 5.74) is 8.42. The molecule has 1 fully saturated rings. The van der Waals surface area contributed by atoms with E-state index >= 15 is 0 Å². The molecule has 1 aliphatic carbocycles. The minimum atomic E-state index is -0.422. The van der Waals surface area contributed by atoms with E-state index < -0.39 is 6.04 Å². The first kappa shape index (κ1) is 11.7. The van der Waals surface area contributed by atoms with E-state index in [0.29, 0.717) is 0 Å². The Balaban J connectivity index is 2.04. The molecule has 0 unspecified atom stereocenters. The number of nitrogens with zero attached hydrogens (tertiary/aromatic N) is 1. The summed E-state index contributed by atoms with van der Waals surface area (Å²) >= 11 is 0. The highest BCUT2D eigenvalue weighted by Gasteiger charge is 2.46. The van der Waals surface area contributed by atoms with Crippen LogP contribution in [-0.4, -0.2) is 18.5 Å². The number of fused-ring (bicyclic) bond motifs is 2. The van der Waals surface area contributed by atoms with Crippen LogP contribution in [0.25, 0.3) is 0 Å². The van der Waals surface area contributed by atoms with Crippen molar-refractivity contribution in [3.8, 4) is 0 Å². The van der Waals surface area contributed by atoms with Crippen LogP contribution in [0.5, 0.6) is 0 Å². The zero-order chi connectivity index (χ0) is 12.8. The van der Waals surface area contributed by atoms with Crippen molar-refractivity contribution in [2.24, 2.45) is 5.73 Å². The van der Waals surface area contributed by atoms with Crippen LogP contribution in [0.2, 0.25) is 0 Å². The van der Waals surface area contributed by atoms with Crippen LogP contribution in [0, 0.1) is 0 Å². The van der Waals surface area contributed by atoms with Gasteiger partial charge in [0, 0.05) is 17.6 Å². The third-order valence-corrected chi connectivity index (χ3v) is 4.44. The van der Waals surface area contributed by atoms with Gasteiger partial charge >= 0.3 is 0 Å². The lowest BCUT2D eigenvalue weighted by atomic mass is 9.81. The minimum Gasteiger partial charge on any atom is -0.320 e. The average molecular weight is 244 g/mol. The number of rotatable bonds is 1. The summed E-state index contributed by atoms with van der Waals surface area (Å²) in [6, 6.07) is 7.92. The normalized spacial score (nSPS) is 22.2. The van der Waals surface area contributed by atoms with Gasteiger partial charge in [-0.05, 0) is 31.4 Å². The molecule has 1 saturated carbocycles. The van der Waals surface area contributed by atoms with Crippen molar-refractivity contribution >= 4 is 11.6 Å². The van der Waals surface area contributed by atoms with Crippen LogP contribution in [0.4, 0.5) is 5.69 Å². The maximum Gasteiger partial charge on any atom is 0.243 e. The fourth-order valence-corrected chi connectivity index (χ4v) is 3.55. The summed E-state index contributed by atoms with van der Waals surface area (Å²) in [7, 11) is 0. The Bertz CT molecular complexity index is 475. The zero-order valence-corrected chi connectivity index (χ0v) is 10.9. The number of amides is 1. The highest BCUT2D eigenvalue weighted by Crippen LogP contribution is 2.50. The van der Waals surface area contributed by atoms with E-state index in [1.807, 2.05) is 11.0 Å². The van der Waals surface area contributed by atoms with Gasteiger partial charge in [-0.25, -0.2) is 0 Å². The quantitative estimate of drug-likeness (QED) is 0.823. The van der Waals surface area contributed by atoms with Crippen molar-refractivity contribution in [3.63, 3.8) is 0 Å². The molecule has 2 aliphatic rings. The van der Waals surface area contributed by atoms with E-state index in [-0.39, 0.29) is 11.3 Å². The number of hydrogen-bond acceptors (Lipinski definition) is 2. The Morgan fingerprint density at radius 1 is 1.33 bits per heavy atom. The Morgan fingerprint density at radius 3 is 2.67 bits per heavy atom. The standard InChI is InChI=1S/C15H20N2O/c1-11(16)14(18)17-10-15(8-4-5-9-15)12-6-2-3-7-13(12)17/h2-3,6-7,11H,4-5,8-10,16H2,1H3/t11-/m1/s1. The number of hydrogen-bond donors (Lipinski definition) is 1. The lowest BCUT2D eigenvalue weighted by Gasteiger charge is -2.25. The molecule has 1 amide bonds. The monoisotopic (exact) mass is 244 g/mol. The number of para-hydroxylation sites is 1. The van der Waals surface area contributed by atoms with Crippen molar-refractivity contribution in [1.82, 2.24) is 0 Å². The second kappa shape index (κ2) is 4.09. The first-order valence-electron chi connectivity index (χ1n) is 6.80. The van der Waals surface area contributed by atoms with E-state index in [4.69, 9.17) is 5.73 Å². The van der Waals surface area contributed by atoms with Crippen LogP contribution >= 0.6 is 0 Å². The molecule has 0 bridgehead atoms. The first-order chi connectivity index (χ1) is 8.64. The summed E-state index contributed by atoms with van der Waals surface area (Å²) in [5.74, 6) is 0.0474. The number of nitrogens with two attached hydrogens (primary N) is 1. The Hall–Kier alpha value is -1.35. The highest BCUT2D eigenvalue weighted by atomic mass is 16.2. The lowest BCUT2D eigenvalue weighted by molar-refractivity contribution is -0.119. The molecule has 1 spiro atoms. The first-order valence-corrected chi connectivity index (χ1v) is 6.80. The van der Waals surface area contributed by atoms with Gasteiger partial charge < -0.3 is 10.6 Å². The van der Waals surface area contributed by atoms with Gasteiger partial charge in [-0.1, -0.05) is 31.0 Å². The summed E-state index contributed by atoms with van der Waals surface area (Å²) < 4.78 is 0. The van der Waals surface area contributed by atoms with Crippen molar-refractivity contribution < 1.29 is 4.79 Å². The highest BCUT2D eigenvalue weighted by molar-refractivity contribution is 5.99. The van der Waals surface area contributed by atoms with Gasteiger partial charge in [0.1, 0.15) is 0 Å². The third kappa shape index (κ3) is 1.57. The zero-order valence-electron chi connectivity index (χ0n) is 10.9. The molecule has 0 aromatic heterocycles. The number of carbonyl (C=O) groups is 1. The summed E-state index contributed by atoms with van der Waals surface area (Å²) in [4.78, 5) is 14.2. The Kier molecular flexibility index (Phi) is 2.67. The largest absolute Gasteiger partial charge is 0.320 e. The van der Waals surface area contributed by atoms with Gasteiger partial charge in [-0.15, -0.1) is 0 Å². The second-order valence-electron chi connectivity index (χ2n) is 5.72. The van der Waals surface area contributed by atoms with E-state index in [1.165, 1.54) is 31.2 Å². The van der Waals surface area contributed by atoms with Crippen LogP contribution in [0.3, 0.4) is 0 Å². The van der Waals surface area contributed by atoms with Gasteiger partial charge in [0.25, 0.3) is 0 Å². The van der Waals surface area contributed by atoms with Crippen LogP contribution in [-0.2, 0) is 10.2 Å². The molecule has 1 aromatic carbocycles. The number of carbonyl (C=O) groups excluding carboxylic acids is 1. The summed E-state index contributed by atoms with van der Waals surface area (Å²) in [5, 5.41) is 0. The van der Waals surface area contributed by atoms with E-state index in [2.05, 4.69) is 18.2 Å². The second-order valence-corrected chi connectivity index (χ2v) is 5.72. The lowest BCUT2D eigenvalue weighted by Crippen LogP contribution is -2.43. The fraction of sp³-hybridized carbons (Fsp3) is 0.533. The van der Waals surface area contributed by atoms with Gasteiger partial charge in [0.05, 0.1) is 6.04 Å². The molecule has 3 nitrogen and oxygen atoms in total. The van der Waals surface area contributed by atoms with Gasteiger partial charge in [-0.3, -0.25) is 4.79 Å². The molecular weight excluding hydrogens is 224 g/mol. The molecule has 3 heteroatoms. The van der Waals surface area contributed by atoms with Gasteiger partial charge in [-0.2, -0.15) is 0 Å². The molecule has 1 atom stereocenters. The van der Waals surface area contributed by atoms with Crippen molar-refractivity contribution in [1.29, 1.82) is 0 Å². The van der Waals surface area contributed by atoms with E-state index in [0.717, 1.165) is 12.2 Å². The molecule has 0 saturated heterocycles. The summed E-state index contributed by atoms with van der Waals surface area (Å²) in [6.07, 6.45) is 4.95. The molecular formula is C15H20N2O. The third-order valence-electron chi connectivity index (χ3n) is 4.44. The van der Waals surface area contributed by atoms with E-state index in [9.17, 15) is 4.79 Å². The molecule has 2 N–H and O–H groups in total. The Morgan fingerprint density at radius 2 is 2.00 bits per heavy atom. The molecule has 0 radical (unpaired) electrons. The molecule has 3 rings (SSSR count). The van der Waals surface area contributed by atoms with Gasteiger partial charge in [0.15, 0.2) is 0 Å². The summed E-state index contributed by atoms with van der Waals surface area (Å²) in [6.45, 7) is 2.59. The predicted octanol–water partition coefficient (Wildman–Crippen LogP) is 2.19. The molecule has 18 heavy (non-hydrogen) atoms. The molecule has 1 heterocycles. The predicted molar refractivity (Wildman–Crippen MR) is 72.6 cm³/mol. The fourth-order valence-electron chi connectivity index (χ4n) is 3.55. The minimum absolute atomic E-state index is 0.0474. The number of anilines is 1. The van der Waals surface area contributed by atoms with Crippen LogP contribution < -0.4 is 10.6 Å². The van der Waals surface area contributed by atoms with E-state index in [1.54, 1.807) is 6.92 Å². The number of benzene rings is 1. The average Bonchev–Trinajstić information content (AvgIpc) is 2.96. The molecule has 96 valence electrons. The molecule has 1 aromatic rings. The topological polar surface area (TPSA) is 46.3 Å². The van der Waals surface area contributed by atoms with Crippen LogP contribution in [0.1, 0.15) is 38.2 Å². The SMILES string of the molecule is C[C@@H](N)C(=O)N1CC2(CCCC2)c2ccccc21. The van der Waals surface area contributed by atoms with Crippen molar-refractivity contribution in [2.45, 2.75) is 44.1 Å². The Labute approximate surface area is 108 Å². The van der Waals surface area contributed by atoms with Gasteiger partial charge in [0.2, 0.25) is 5.91 Å². The molecule has 1 aliphatic heterocycles. The van der Waals surface area contributed by atoms with Crippen LogP contribution in [0.15, 0.2) is 24.3 Å². The smallest absolute Gasteiger partial charge is 0.243 e. The van der Waals surface area contributed by atoms with Crippen molar-refractivity contribution in [2.75, 3.05) is 11.4 Å². The maximum atomic E-state index is 12.2.